The van der Waals surface area contributed by atoms with Crippen LogP contribution in [0.4, 0.5) is 0 Å². The van der Waals surface area contributed by atoms with Crippen LogP contribution in [0.3, 0.4) is 0 Å². The summed E-state index contributed by atoms with van der Waals surface area (Å²) < 4.78 is 5.09. The summed E-state index contributed by atoms with van der Waals surface area (Å²) in [7, 11) is 0. The molecule has 0 unspecified atom stereocenters. The molecule has 1 heterocycles. The SMILES string of the molecule is CCN(CC)C(=O)CCCNC(=O)c1coc(CN)c1. The molecule has 20 heavy (non-hydrogen) atoms. The average Bonchev–Trinajstić information content (AvgIpc) is 2.93. The minimum absolute atomic E-state index is 0.123. The van der Waals surface area contributed by atoms with E-state index in [1.165, 1.54) is 6.26 Å². The Labute approximate surface area is 119 Å². The first-order valence-electron chi connectivity index (χ1n) is 6.95. The topological polar surface area (TPSA) is 88.6 Å². The summed E-state index contributed by atoms with van der Waals surface area (Å²) in [6, 6.07) is 1.62. The predicted molar refractivity (Wildman–Crippen MR) is 76.1 cm³/mol. The van der Waals surface area contributed by atoms with E-state index >= 15 is 0 Å². The molecule has 0 aliphatic rings. The number of nitrogens with one attached hydrogen (secondary N) is 1. The Morgan fingerprint density at radius 1 is 1.35 bits per heavy atom. The first kappa shape index (κ1) is 16.2. The number of carbonyl (C=O) groups is 2. The van der Waals surface area contributed by atoms with Gasteiger partial charge in [0.2, 0.25) is 5.91 Å². The molecule has 3 N–H and O–H groups in total. The van der Waals surface area contributed by atoms with Crippen molar-refractivity contribution in [3.05, 3.63) is 23.7 Å². The summed E-state index contributed by atoms with van der Waals surface area (Å²) in [5.74, 6) is 0.494. The zero-order valence-electron chi connectivity index (χ0n) is 12.1. The number of carbonyl (C=O) groups excluding carboxylic acids is 2. The van der Waals surface area contributed by atoms with Crippen LogP contribution in [0.5, 0.6) is 0 Å². The fourth-order valence-electron chi connectivity index (χ4n) is 1.88. The van der Waals surface area contributed by atoms with Gasteiger partial charge in [-0.3, -0.25) is 9.59 Å². The minimum atomic E-state index is -0.205. The summed E-state index contributed by atoms with van der Waals surface area (Å²) >= 11 is 0. The zero-order valence-corrected chi connectivity index (χ0v) is 12.1. The van der Waals surface area contributed by atoms with Crippen LogP contribution >= 0.6 is 0 Å². The highest BCUT2D eigenvalue weighted by Gasteiger charge is 2.11. The molecule has 0 saturated carbocycles. The molecule has 112 valence electrons. The van der Waals surface area contributed by atoms with Crippen molar-refractivity contribution in [3.63, 3.8) is 0 Å². The molecule has 1 rings (SSSR count). The van der Waals surface area contributed by atoms with Gasteiger partial charge in [-0.2, -0.15) is 0 Å². The van der Waals surface area contributed by atoms with E-state index in [0.29, 0.717) is 30.7 Å². The first-order chi connectivity index (χ1) is 9.62. The lowest BCUT2D eigenvalue weighted by molar-refractivity contribution is -0.130. The smallest absolute Gasteiger partial charge is 0.254 e. The third-order valence-electron chi connectivity index (χ3n) is 3.09. The average molecular weight is 281 g/mol. The van der Waals surface area contributed by atoms with Gasteiger partial charge in [-0.05, 0) is 26.3 Å². The highest BCUT2D eigenvalue weighted by atomic mass is 16.3. The van der Waals surface area contributed by atoms with Gasteiger partial charge < -0.3 is 20.4 Å². The molecule has 6 nitrogen and oxygen atoms in total. The van der Waals surface area contributed by atoms with Gasteiger partial charge in [0.1, 0.15) is 12.0 Å². The van der Waals surface area contributed by atoms with Crippen LogP contribution in [0.1, 0.15) is 42.8 Å². The second-order valence-corrected chi connectivity index (χ2v) is 4.43. The van der Waals surface area contributed by atoms with E-state index in [1.54, 1.807) is 11.0 Å². The molecule has 0 bridgehead atoms. The maximum atomic E-state index is 11.8. The van der Waals surface area contributed by atoms with Gasteiger partial charge in [-0.15, -0.1) is 0 Å². The lowest BCUT2D eigenvalue weighted by atomic mass is 10.2. The van der Waals surface area contributed by atoms with Crippen LogP contribution in [0, 0.1) is 0 Å². The lowest BCUT2D eigenvalue weighted by Crippen LogP contribution is -2.31. The molecule has 0 saturated heterocycles. The molecule has 1 aromatic heterocycles. The molecule has 0 fully saturated rings. The maximum absolute atomic E-state index is 11.8. The van der Waals surface area contributed by atoms with Crippen LogP contribution in [0.2, 0.25) is 0 Å². The molecule has 2 amide bonds. The Kier molecular flexibility index (Phi) is 6.79. The van der Waals surface area contributed by atoms with Gasteiger partial charge in [0.05, 0.1) is 12.1 Å². The third kappa shape index (κ3) is 4.70. The third-order valence-corrected chi connectivity index (χ3v) is 3.09. The molecule has 0 aliphatic carbocycles. The van der Waals surface area contributed by atoms with Crippen molar-refractivity contribution >= 4 is 11.8 Å². The van der Waals surface area contributed by atoms with Gasteiger partial charge in [0, 0.05) is 26.1 Å². The van der Waals surface area contributed by atoms with E-state index in [9.17, 15) is 9.59 Å². The number of hydrogen-bond acceptors (Lipinski definition) is 4. The van der Waals surface area contributed by atoms with Gasteiger partial charge >= 0.3 is 0 Å². The molecule has 6 heteroatoms. The second kappa shape index (κ2) is 8.37. The molecular weight excluding hydrogens is 258 g/mol. The normalized spacial score (nSPS) is 10.3. The van der Waals surface area contributed by atoms with E-state index < -0.39 is 0 Å². The van der Waals surface area contributed by atoms with Crippen molar-refractivity contribution in [1.29, 1.82) is 0 Å². The van der Waals surface area contributed by atoms with Crippen molar-refractivity contribution in [1.82, 2.24) is 10.2 Å². The fourth-order valence-corrected chi connectivity index (χ4v) is 1.88. The predicted octanol–water partition coefficient (Wildman–Crippen LogP) is 1.12. The Morgan fingerprint density at radius 2 is 2.05 bits per heavy atom. The van der Waals surface area contributed by atoms with Crippen LogP contribution < -0.4 is 11.1 Å². The van der Waals surface area contributed by atoms with Gasteiger partial charge in [0.15, 0.2) is 0 Å². The molecular formula is C14H23N3O3. The van der Waals surface area contributed by atoms with Crippen molar-refractivity contribution < 1.29 is 14.0 Å². The monoisotopic (exact) mass is 281 g/mol. The van der Waals surface area contributed by atoms with Crippen LogP contribution in [0.15, 0.2) is 16.7 Å². The summed E-state index contributed by atoms with van der Waals surface area (Å²) in [6.07, 6.45) is 2.46. The van der Waals surface area contributed by atoms with E-state index in [-0.39, 0.29) is 18.4 Å². The molecule has 0 radical (unpaired) electrons. The van der Waals surface area contributed by atoms with Crippen LogP contribution in [0.25, 0.3) is 0 Å². The number of rotatable bonds is 8. The van der Waals surface area contributed by atoms with Gasteiger partial charge in [0.25, 0.3) is 5.91 Å². The van der Waals surface area contributed by atoms with E-state index in [0.717, 1.165) is 13.1 Å². The fraction of sp³-hybridized carbons (Fsp3) is 0.571. The largest absolute Gasteiger partial charge is 0.467 e. The lowest BCUT2D eigenvalue weighted by Gasteiger charge is -2.18. The summed E-state index contributed by atoms with van der Waals surface area (Å²) in [5.41, 5.74) is 5.86. The highest BCUT2D eigenvalue weighted by Crippen LogP contribution is 2.06. The molecule has 0 atom stereocenters. The number of nitrogens with two attached hydrogens (primary N) is 1. The quantitative estimate of drug-likeness (QED) is 0.699. The molecule has 0 aliphatic heterocycles. The van der Waals surface area contributed by atoms with E-state index in [4.69, 9.17) is 10.2 Å². The Balaban J connectivity index is 2.27. The Hall–Kier alpha value is -1.82. The molecule has 0 aromatic carbocycles. The van der Waals surface area contributed by atoms with E-state index in [2.05, 4.69) is 5.32 Å². The molecule has 1 aromatic rings. The van der Waals surface area contributed by atoms with Crippen molar-refractivity contribution in [2.24, 2.45) is 5.73 Å². The zero-order chi connectivity index (χ0) is 15.0. The van der Waals surface area contributed by atoms with Crippen LogP contribution in [-0.2, 0) is 11.3 Å². The van der Waals surface area contributed by atoms with Crippen molar-refractivity contribution in [3.8, 4) is 0 Å². The van der Waals surface area contributed by atoms with Gasteiger partial charge in [-0.1, -0.05) is 0 Å². The number of furan rings is 1. The van der Waals surface area contributed by atoms with Gasteiger partial charge in [-0.25, -0.2) is 0 Å². The Morgan fingerprint density at radius 3 is 2.60 bits per heavy atom. The standard InChI is InChI=1S/C14H23N3O3/c1-3-17(4-2)13(18)6-5-7-16-14(19)11-8-12(9-15)20-10-11/h8,10H,3-7,9,15H2,1-2H3,(H,16,19). The second-order valence-electron chi connectivity index (χ2n) is 4.43. The Bertz CT molecular complexity index is 439. The van der Waals surface area contributed by atoms with Crippen molar-refractivity contribution in [2.45, 2.75) is 33.2 Å². The summed E-state index contributed by atoms with van der Waals surface area (Å²) in [6.45, 7) is 6.09. The van der Waals surface area contributed by atoms with Crippen molar-refractivity contribution in [2.75, 3.05) is 19.6 Å². The van der Waals surface area contributed by atoms with E-state index in [1.807, 2.05) is 13.8 Å². The summed E-state index contributed by atoms with van der Waals surface area (Å²) in [4.78, 5) is 25.3. The highest BCUT2D eigenvalue weighted by molar-refractivity contribution is 5.93. The number of nitrogens with zero attached hydrogens (tertiary/aromatic N) is 1. The van der Waals surface area contributed by atoms with Crippen LogP contribution in [-0.4, -0.2) is 36.3 Å². The maximum Gasteiger partial charge on any atom is 0.254 e. The minimum Gasteiger partial charge on any atom is -0.467 e. The molecule has 0 spiro atoms. The number of hydrogen-bond donors (Lipinski definition) is 2. The summed E-state index contributed by atoms with van der Waals surface area (Å²) in [5, 5.41) is 2.76. The number of amides is 2. The first-order valence-corrected chi connectivity index (χ1v) is 6.95.